The van der Waals surface area contributed by atoms with Gasteiger partial charge in [0, 0.05) is 22.5 Å². The summed E-state index contributed by atoms with van der Waals surface area (Å²) in [5, 5.41) is 0.711. The van der Waals surface area contributed by atoms with Crippen molar-refractivity contribution in [1.82, 2.24) is 9.88 Å². The lowest BCUT2D eigenvalue weighted by Gasteiger charge is -2.33. The number of likely N-dealkylation sites (tertiary alicyclic amines) is 1. The quantitative estimate of drug-likeness (QED) is 0.922. The molecule has 3 nitrogen and oxygen atoms in total. The number of thiazole rings is 1. The van der Waals surface area contributed by atoms with Crippen LogP contribution in [0.3, 0.4) is 0 Å². The third-order valence-electron chi connectivity index (χ3n) is 4.14. The topological polar surface area (TPSA) is 36.1 Å². The van der Waals surface area contributed by atoms with E-state index in [-0.39, 0.29) is 4.87 Å². The fourth-order valence-electron chi connectivity index (χ4n) is 2.90. The van der Waals surface area contributed by atoms with Crippen LogP contribution in [0.5, 0.6) is 0 Å². The van der Waals surface area contributed by atoms with E-state index in [1.807, 2.05) is 24.3 Å². The van der Waals surface area contributed by atoms with Crippen LogP contribution in [0.1, 0.15) is 31.1 Å². The largest absolute Gasteiger partial charge is 0.312 e. The van der Waals surface area contributed by atoms with Crippen LogP contribution in [-0.4, -0.2) is 22.5 Å². The number of nitrogens with one attached hydrogen (secondary N) is 1. The Morgan fingerprint density at radius 3 is 2.81 bits per heavy atom. The van der Waals surface area contributed by atoms with E-state index in [4.69, 9.17) is 11.6 Å². The molecule has 3 rings (SSSR count). The smallest absolute Gasteiger partial charge is 0.305 e. The fourth-order valence-corrected chi connectivity index (χ4v) is 3.90. The van der Waals surface area contributed by atoms with Gasteiger partial charge in [-0.3, -0.25) is 9.69 Å². The first-order chi connectivity index (χ1) is 10.1. The van der Waals surface area contributed by atoms with Crippen molar-refractivity contribution in [2.45, 2.75) is 38.8 Å². The summed E-state index contributed by atoms with van der Waals surface area (Å²) < 4.78 is 0. The maximum atomic E-state index is 11.8. The highest BCUT2D eigenvalue weighted by Gasteiger charge is 2.21. The third-order valence-corrected chi connectivity index (χ3v) is 5.26. The Morgan fingerprint density at radius 2 is 2.10 bits per heavy atom. The molecule has 1 atom stereocenters. The van der Waals surface area contributed by atoms with Crippen LogP contribution in [0.25, 0.3) is 11.3 Å². The molecular formula is C16H19ClN2OS. The highest BCUT2D eigenvalue weighted by atomic mass is 35.5. The lowest BCUT2D eigenvalue weighted by molar-refractivity contribution is 0.154. The molecule has 1 aromatic carbocycles. The molecule has 2 aromatic rings. The number of nitrogens with zero attached hydrogens (tertiary/aromatic N) is 1. The Labute approximate surface area is 133 Å². The first-order valence-corrected chi connectivity index (χ1v) is 8.55. The number of aromatic amines is 1. The predicted molar refractivity (Wildman–Crippen MR) is 89.1 cm³/mol. The van der Waals surface area contributed by atoms with E-state index < -0.39 is 0 Å². The normalized spacial score (nSPS) is 19.8. The fraction of sp³-hybridized carbons (Fsp3) is 0.438. The Morgan fingerprint density at radius 1 is 1.33 bits per heavy atom. The number of rotatable bonds is 3. The molecule has 2 heterocycles. The molecule has 0 radical (unpaired) electrons. The first-order valence-electron chi connectivity index (χ1n) is 7.35. The van der Waals surface area contributed by atoms with Crippen molar-refractivity contribution in [1.29, 1.82) is 0 Å². The zero-order valence-corrected chi connectivity index (χ0v) is 13.6. The van der Waals surface area contributed by atoms with E-state index in [9.17, 15) is 4.79 Å². The monoisotopic (exact) mass is 322 g/mol. The van der Waals surface area contributed by atoms with Crippen LogP contribution in [0.2, 0.25) is 5.02 Å². The van der Waals surface area contributed by atoms with Crippen LogP contribution in [0, 0.1) is 0 Å². The van der Waals surface area contributed by atoms with Crippen molar-refractivity contribution in [3.63, 3.8) is 0 Å². The van der Waals surface area contributed by atoms with Gasteiger partial charge in [0.2, 0.25) is 0 Å². The van der Waals surface area contributed by atoms with Crippen molar-refractivity contribution in [3.8, 4) is 11.3 Å². The second-order valence-electron chi connectivity index (χ2n) is 5.63. The van der Waals surface area contributed by atoms with Gasteiger partial charge in [0.15, 0.2) is 0 Å². The van der Waals surface area contributed by atoms with E-state index in [0.717, 1.165) is 29.2 Å². The van der Waals surface area contributed by atoms with Gasteiger partial charge in [-0.15, -0.1) is 0 Å². The van der Waals surface area contributed by atoms with Crippen molar-refractivity contribution >= 4 is 22.9 Å². The van der Waals surface area contributed by atoms with Crippen LogP contribution in [0.15, 0.2) is 29.1 Å². The lowest BCUT2D eigenvalue weighted by Crippen LogP contribution is -2.36. The van der Waals surface area contributed by atoms with Gasteiger partial charge < -0.3 is 4.98 Å². The molecule has 112 valence electrons. The molecule has 1 aliphatic rings. The minimum atomic E-state index is 0.0135. The summed E-state index contributed by atoms with van der Waals surface area (Å²) >= 11 is 7.26. The molecule has 5 heteroatoms. The minimum absolute atomic E-state index is 0.0135. The number of hydrogen-bond donors (Lipinski definition) is 1. The number of benzene rings is 1. The molecule has 21 heavy (non-hydrogen) atoms. The maximum Gasteiger partial charge on any atom is 0.305 e. The van der Waals surface area contributed by atoms with Crippen molar-refractivity contribution in [2.24, 2.45) is 0 Å². The Balaban J connectivity index is 1.88. The SMILES string of the molecule is CC1CCCCN1Cc1sc(=O)[nH]c1-c1ccc(Cl)cc1. The summed E-state index contributed by atoms with van der Waals surface area (Å²) in [6.45, 7) is 4.24. The molecule has 0 amide bonds. The molecule has 0 saturated carbocycles. The Hall–Kier alpha value is -1.10. The van der Waals surface area contributed by atoms with E-state index in [1.54, 1.807) is 0 Å². The highest BCUT2D eigenvalue weighted by Crippen LogP contribution is 2.28. The van der Waals surface area contributed by atoms with E-state index >= 15 is 0 Å². The molecule has 1 fully saturated rings. The summed E-state index contributed by atoms with van der Waals surface area (Å²) in [5.74, 6) is 0. The third kappa shape index (κ3) is 3.39. The summed E-state index contributed by atoms with van der Waals surface area (Å²) in [6, 6.07) is 8.24. The van der Waals surface area contributed by atoms with E-state index in [0.29, 0.717) is 11.1 Å². The summed E-state index contributed by atoms with van der Waals surface area (Å²) in [5.41, 5.74) is 1.97. The first kappa shape index (κ1) is 14.8. The minimum Gasteiger partial charge on any atom is -0.312 e. The molecule has 1 aromatic heterocycles. The van der Waals surface area contributed by atoms with Gasteiger partial charge in [-0.2, -0.15) is 0 Å². The molecule has 1 saturated heterocycles. The summed E-state index contributed by atoms with van der Waals surface area (Å²) in [7, 11) is 0. The van der Waals surface area contributed by atoms with Crippen LogP contribution in [-0.2, 0) is 6.54 Å². The van der Waals surface area contributed by atoms with Gasteiger partial charge in [0.05, 0.1) is 5.69 Å². The summed E-state index contributed by atoms with van der Waals surface area (Å²) in [6.07, 6.45) is 3.81. The molecule has 1 aliphatic heterocycles. The zero-order valence-electron chi connectivity index (χ0n) is 12.1. The number of piperidine rings is 1. The zero-order chi connectivity index (χ0) is 14.8. The van der Waals surface area contributed by atoms with Crippen LogP contribution >= 0.6 is 22.9 Å². The van der Waals surface area contributed by atoms with Gasteiger partial charge in [-0.25, -0.2) is 0 Å². The second kappa shape index (κ2) is 6.34. The molecule has 0 aliphatic carbocycles. The molecule has 0 bridgehead atoms. The van der Waals surface area contributed by atoms with Crippen molar-refractivity contribution < 1.29 is 0 Å². The Bertz CT molecular complexity index is 662. The standard InChI is InChI=1S/C16H19ClN2OS/c1-11-4-2-3-9-19(11)10-14-15(18-16(20)21-14)12-5-7-13(17)8-6-12/h5-8,11H,2-4,9-10H2,1H3,(H,18,20). The maximum absolute atomic E-state index is 11.8. The van der Waals surface area contributed by atoms with Gasteiger partial charge in [-0.1, -0.05) is 41.5 Å². The van der Waals surface area contributed by atoms with Gasteiger partial charge in [0.25, 0.3) is 0 Å². The van der Waals surface area contributed by atoms with Gasteiger partial charge in [0.1, 0.15) is 0 Å². The molecule has 0 spiro atoms. The highest BCUT2D eigenvalue weighted by molar-refractivity contribution is 7.09. The van der Waals surface area contributed by atoms with Crippen LogP contribution < -0.4 is 4.87 Å². The van der Waals surface area contributed by atoms with Crippen molar-refractivity contribution in [2.75, 3.05) is 6.54 Å². The number of halogens is 1. The van der Waals surface area contributed by atoms with Crippen molar-refractivity contribution in [3.05, 3.63) is 43.8 Å². The van der Waals surface area contributed by atoms with E-state index in [1.165, 1.54) is 30.6 Å². The average molecular weight is 323 g/mol. The number of H-pyrrole nitrogens is 1. The number of aromatic nitrogens is 1. The number of hydrogen-bond acceptors (Lipinski definition) is 3. The molecule has 1 N–H and O–H groups in total. The Kier molecular flexibility index (Phi) is 4.48. The molecular weight excluding hydrogens is 304 g/mol. The lowest BCUT2D eigenvalue weighted by atomic mass is 10.0. The second-order valence-corrected chi connectivity index (χ2v) is 7.14. The van der Waals surface area contributed by atoms with Gasteiger partial charge in [-0.05, 0) is 44.0 Å². The average Bonchev–Trinajstić information content (AvgIpc) is 2.83. The summed E-state index contributed by atoms with van der Waals surface area (Å²) in [4.78, 5) is 18.4. The van der Waals surface area contributed by atoms with E-state index in [2.05, 4.69) is 16.8 Å². The van der Waals surface area contributed by atoms with Gasteiger partial charge >= 0.3 is 4.87 Å². The van der Waals surface area contributed by atoms with Crippen LogP contribution in [0.4, 0.5) is 0 Å². The predicted octanol–water partition coefficient (Wildman–Crippen LogP) is 4.13. The molecule has 1 unspecified atom stereocenters.